The van der Waals surface area contributed by atoms with Crippen molar-refractivity contribution in [2.75, 3.05) is 38.1 Å². The first kappa shape index (κ1) is 16.4. The quantitative estimate of drug-likeness (QED) is 0.880. The maximum absolute atomic E-state index is 15.0. The molecule has 4 rings (SSSR count). The van der Waals surface area contributed by atoms with Crippen molar-refractivity contribution >= 4 is 34.3 Å². The third kappa shape index (κ3) is 2.35. The van der Waals surface area contributed by atoms with E-state index in [0.29, 0.717) is 22.1 Å². The van der Waals surface area contributed by atoms with E-state index in [0.717, 1.165) is 26.2 Å². The summed E-state index contributed by atoms with van der Waals surface area (Å²) in [6.07, 6.45) is 0. The van der Waals surface area contributed by atoms with Crippen molar-refractivity contribution in [3.8, 4) is 0 Å². The second kappa shape index (κ2) is 5.74. The van der Waals surface area contributed by atoms with Crippen LogP contribution in [-0.2, 0) is 5.88 Å². The molecule has 2 aliphatic rings. The summed E-state index contributed by atoms with van der Waals surface area (Å²) in [5, 5.41) is 10.0. The zero-order valence-electron chi connectivity index (χ0n) is 14.0. The average molecular weight is 363 g/mol. The standard InChI is InChI=1S/C17H18FN3O3S/c1-9-12-10(21-8-25-16(21)13(15(12)22)17(23)24)7-11(14(9)18)20-5-3-19(2)4-6-20/h7H,3-6,8H2,1-2H3,(H,23,24). The molecule has 1 N–H and O–H groups in total. The molecular formula is C17H18FN3O3S. The van der Waals surface area contributed by atoms with Gasteiger partial charge in [-0.05, 0) is 20.0 Å². The highest BCUT2D eigenvalue weighted by molar-refractivity contribution is 7.99. The predicted octanol–water partition coefficient (Wildman–Crippen LogP) is 1.96. The minimum atomic E-state index is -1.26. The number of aryl methyl sites for hydroxylation is 1. The van der Waals surface area contributed by atoms with Crippen LogP contribution in [0.25, 0.3) is 10.9 Å². The Hall–Kier alpha value is -2.06. The van der Waals surface area contributed by atoms with Crippen LogP contribution in [0.2, 0.25) is 0 Å². The van der Waals surface area contributed by atoms with Crippen LogP contribution in [0.4, 0.5) is 10.1 Å². The molecule has 0 atom stereocenters. The summed E-state index contributed by atoms with van der Waals surface area (Å²) < 4.78 is 16.8. The number of likely N-dealkylation sites (N-methyl/N-ethyl adjacent to an activating group) is 1. The van der Waals surface area contributed by atoms with E-state index in [1.54, 1.807) is 17.6 Å². The van der Waals surface area contributed by atoms with Gasteiger partial charge in [0.2, 0.25) is 5.43 Å². The monoisotopic (exact) mass is 363 g/mol. The minimum absolute atomic E-state index is 0.178. The van der Waals surface area contributed by atoms with E-state index < -0.39 is 17.2 Å². The molecule has 3 heterocycles. The number of piperazine rings is 1. The SMILES string of the molecule is Cc1c(F)c(N2CCN(C)CC2)cc2c1c(=O)c(C(=O)O)c1n2CS1. The van der Waals surface area contributed by atoms with Gasteiger partial charge in [0, 0.05) is 31.7 Å². The van der Waals surface area contributed by atoms with Crippen LogP contribution in [0.1, 0.15) is 15.9 Å². The number of halogens is 1. The molecule has 2 aliphatic heterocycles. The van der Waals surface area contributed by atoms with Crippen LogP contribution in [0, 0.1) is 12.7 Å². The molecule has 1 aromatic heterocycles. The Morgan fingerprint density at radius 2 is 1.96 bits per heavy atom. The molecule has 1 saturated heterocycles. The number of nitrogens with zero attached hydrogens (tertiary/aromatic N) is 3. The summed E-state index contributed by atoms with van der Waals surface area (Å²) in [7, 11) is 2.03. The van der Waals surface area contributed by atoms with E-state index in [4.69, 9.17) is 0 Å². The van der Waals surface area contributed by atoms with Crippen molar-refractivity contribution in [3.63, 3.8) is 0 Å². The van der Waals surface area contributed by atoms with Gasteiger partial charge in [-0.15, -0.1) is 0 Å². The number of anilines is 1. The van der Waals surface area contributed by atoms with Crippen molar-refractivity contribution in [2.24, 2.45) is 0 Å². The van der Waals surface area contributed by atoms with Crippen LogP contribution in [0.5, 0.6) is 0 Å². The summed E-state index contributed by atoms with van der Waals surface area (Å²) in [4.78, 5) is 28.4. The second-order valence-electron chi connectivity index (χ2n) is 6.54. The Labute approximate surface area is 147 Å². The number of hydrogen-bond donors (Lipinski definition) is 1. The molecule has 0 aliphatic carbocycles. The minimum Gasteiger partial charge on any atom is -0.477 e. The lowest BCUT2D eigenvalue weighted by molar-refractivity contribution is 0.0689. The fourth-order valence-corrected chi connectivity index (χ4v) is 4.48. The van der Waals surface area contributed by atoms with Gasteiger partial charge in [0.15, 0.2) is 0 Å². The molecule has 0 unspecified atom stereocenters. The van der Waals surface area contributed by atoms with Crippen molar-refractivity contribution in [1.29, 1.82) is 0 Å². The van der Waals surface area contributed by atoms with E-state index in [2.05, 4.69) is 4.90 Å². The predicted molar refractivity (Wildman–Crippen MR) is 95.4 cm³/mol. The van der Waals surface area contributed by atoms with Crippen LogP contribution < -0.4 is 10.3 Å². The van der Waals surface area contributed by atoms with Crippen molar-refractivity contribution in [1.82, 2.24) is 9.47 Å². The van der Waals surface area contributed by atoms with Crippen molar-refractivity contribution in [2.45, 2.75) is 17.8 Å². The van der Waals surface area contributed by atoms with Gasteiger partial charge in [0.1, 0.15) is 11.4 Å². The first-order chi connectivity index (χ1) is 11.9. The van der Waals surface area contributed by atoms with E-state index in [1.807, 2.05) is 11.9 Å². The number of carboxylic acids is 1. The lowest BCUT2D eigenvalue weighted by Gasteiger charge is -2.35. The Bertz CT molecular complexity index is 964. The van der Waals surface area contributed by atoms with Gasteiger partial charge in [0.05, 0.1) is 27.5 Å². The van der Waals surface area contributed by atoms with Gasteiger partial charge < -0.3 is 19.5 Å². The van der Waals surface area contributed by atoms with Gasteiger partial charge in [-0.25, -0.2) is 9.18 Å². The first-order valence-corrected chi connectivity index (χ1v) is 9.08. The molecule has 25 heavy (non-hydrogen) atoms. The number of aromatic nitrogens is 1. The molecule has 132 valence electrons. The summed E-state index contributed by atoms with van der Waals surface area (Å²) in [6, 6.07) is 1.71. The molecule has 6 nitrogen and oxygen atoms in total. The largest absolute Gasteiger partial charge is 0.477 e. The highest BCUT2D eigenvalue weighted by Crippen LogP contribution is 2.39. The van der Waals surface area contributed by atoms with Crippen LogP contribution in [0.15, 0.2) is 15.9 Å². The third-order valence-electron chi connectivity index (χ3n) is 5.05. The van der Waals surface area contributed by atoms with Gasteiger partial charge in [0.25, 0.3) is 0 Å². The number of aromatic carboxylic acids is 1. The number of pyridine rings is 1. The Kier molecular flexibility index (Phi) is 3.77. The normalized spacial score (nSPS) is 17.5. The van der Waals surface area contributed by atoms with E-state index >= 15 is 4.39 Å². The second-order valence-corrected chi connectivity index (χ2v) is 7.47. The lowest BCUT2D eigenvalue weighted by atomic mass is 10.0. The maximum atomic E-state index is 15.0. The Morgan fingerprint density at radius 1 is 1.28 bits per heavy atom. The maximum Gasteiger partial charge on any atom is 0.342 e. The number of thioether (sulfide) groups is 1. The lowest BCUT2D eigenvalue weighted by Crippen LogP contribution is -2.45. The number of hydrogen-bond acceptors (Lipinski definition) is 5. The van der Waals surface area contributed by atoms with E-state index in [9.17, 15) is 14.7 Å². The molecule has 0 amide bonds. The number of rotatable bonds is 2. The van der Waals surface area contributed by atoms with Crippen molar-refractivity contribution < 1.29 is 14.3 Å². The molecule has 1 aromatic carbocycles. The molecule has 0 saturated carbocycles. The summed E-state index contributed by atoms with van der Waals surface area (Å²) in [5.74, 6) is -1.12. The Morgan fingerprint density at radius 3 is 2.52 bits per heavy atom. The highest BCUT2D eigenvalue weighted by atomic mass is 32.2. The van der Waals surface area contributed by atoms with Crippen LogP contribution >= 0.6 is 11.8 Å². The number of carbonyl (C=O) groups is 1. The molecule has 0 spiro atoms. The molecular weight excluding hydrogens is 345 g/mol. The fourth-order valence-electron chi connectivity index (χ4n) is 3.53. The first-order valence-electron chi connectivity index (χ1n) is 8.09. The van der Waals surface area contributed by atoms with Crippen molar-refractivity contribution in [3.05, 3.63) is 33.2 Å². The van der Waals surface area contributed by atoms with Gasteiger partial charge in [-0.2, -0.15) is 0 Å². The molecule has 1 fully saturated rings. The van der Waals surface area contributed by atoms with E-state index in [-0.39, 0.29) is 16.5 Å². The zero-order valence-corrected chi connectivity index (χ0v) is 14.8. The molecule has 0 bridgehead atoms. The molecule has 8 heteroatoms. The average Bonchev–Trinajstić information content (AvgIpc) is 2.54. The fraction of sp³-hybridized carbons (Fsp3) is 0.412. The summed E-state index contributed by atoms with van der Waals surface area (Å²) in [6.45, 7) is 4.70. The smallest absolute Gasteiger partial charge is 0.342 e. The van der Waals surface area contributed by atoms with Crippen LogP contribution in [0.3, 0.4) is 0 Å². The number of fused-ring (bicyclic) bond motifs is 3. The molecule has 2 aromatic rings. The summed E-state index contributed by atoms with van der Waals surface area (Å²) in [5.41, 5.74) is 0.496. The number of carboxylic acid groups (broad SMARTS) is 1. The third-order valence-corrected chi connectivity index (χ3v) is 6.14. The van der Waals surface area contributed by atoms with Gasteiger partial charge >= 0.3 is 5.97 Å². The van der Waals surface area contributed by atoms with Crippen LogP contribution in [-0.4, -0.2) is 53.8 Å². The number of benzene rings is 1. The Balaban J connectivity index is 1.97. The zero-order chi connectivity index (χ0) is 17.9. The molecule has 0 radical (unpaired) electrons. The van der Waals surface area contributed by atoms with Gasteiger partial charge in [-0.3, -0.25) is 4.79 Å². The topological polar surface area (TPSA) is 65.8 Å². The van der Waals surface area contributed by atoms with Gasteiger partial charge in [-0.1, -0.05) is 11.8 Å². The summed E-state index contributed by atoms with van der Waals surface area (Å²) >= 11 is 1.33. The van der Waals surface area contributed by atoms with E-state index in [1.165, 1.54) is 11.8 Å². The highest BCUT2D eigenvalue weighted by Gasteiger charge is 2.30.